The second kappa shape index (κ2) is 3.75. The van der Waals surface area contributed by atoms with Crippen molar-refractivity contribution in [1.82, 2.24) is 5.32 Å². The second-order valence-corrected chi connectivity index (χ2v) is 5.80. The van der Waals surface area contributed by atoms with Crippen molar-refractivity contribution >= 4 is 11.6 Å². The monoisotopic (exact) mass is 235 g/mol. The fourth-order valence-corrected chi connectivity index (χ4v) is 3.47. The summed E-state index contributed by atoms with van der Waals surface area (Å²) in [5, 5.41) is 4.48. The van der Waals surface area contributed by atoms with Crippen molar-refractivity contribution in [1.29, 1.82) is 0 Å². The van der Waals surface area contributed by atoms with Crippen LogP contribution < -0.4 is 5.32 Å². The molecular formula is C14H18ClN. The van der Waals surface area contributed by atoms with E-state index < -0.39 is 0 Å². The molecule has 0 bridgehead atoms. The van der Waals surface area contributed by atoms with Gasteiger partial charge in [0.2, 0.25) is 0 Å². The zero-order valence-corrected chi connectivity index (χ0v) is 10.5. The second-order valence-electron chi connectivity index (χ2n) is 5.39. The lowest BCUT2D eigenvalue weighted by atomic mass is 9.69. The van der Waals surface area contributed by atoms with Gasteiger partial charge in [-0.1, -0.05) is 36.6 Å². The van der Waals surface area contributed by atoms with E-state index in [2.05, 4.69) is 24.4 Å². The topological polar surface area (TPSA) is 12.0 Å². The van der Waals surface area contributed by atoms with Gasteiger partial charge in [-0.25, -0.2) is 0 Å². The highest BCUT2D eigenvalue weighted by atomic mass is 35.5. The van der Waals surface area contributed by atoms with E-state index in [1.165, 1.54) is 43.4 Å². The summed E-state index contributed by atoms with van der Waals surface area (Å²) < 4.78 is 0. The SMILES string of the molecule is Cc1cc(C2NCC23CCCC3)ccc1Cl. The summed E-state index contributed by atoms with van der Waals surface area (Å²) in [5.74, 6) is 0. The molecule has 0 aromatic heterocycles. The van der Waals surface area contributed by atoms with E-state index in [1.54, 1.807) is 0 Å². The van der Waals surface area contributed by atoms with Crippen LogP contribution in [0.1, 0.15) is 42.9 Å². The Hall–Kier alpha value is -0.530. The summed E-state index contributed by atoms with van der Waals surface area (Å²) in [4.78, 5) is 0. The lowest BCUT2D eigenvalue weighted by Gasteiger charge is -2.49. The van der Waals surface area contributed by atoms with Crippen molar-refractivity contribution in [3.05, 3.63) is 34.3 Å². The number of nitrogens with one attached hydrogen (secondary N) is 1. The largest absolute Gasteiger partial charge is 0.309 e. The molecule has 1 atom stereocenters. The third-order valence-electron chi connectivity index (χ3n) is 4.39. The molecule has 1 aromatic carbocycles. The molecule has 1 spiro atoms. The van der Waals surface area contributed by atoms with Gasteiger partial charge in [-0.3, -0.25) is 0 Å². The molecule has 1 aliphatic heterocycles. The van der Waals surface area contributed by atoms with Gasteiger partial charge in [0.25, 0.3) is 0 Å². The molecule has 16 heavy (non-hydrogen) atoms. The molecule has 1 aliphatic carbocycles. The molecule has 0 radical (unpaired) electrons. The molecule has 3 rings (SSSR count). The quantitative estimate of drug-likeness (QED) is 0.780. The van der Waals surface area contributed by atoms with Gasteiger partial charge >= 0.3 is 0 Å². The fourth-order valence-electron chi connectivity index (χ4n) is 3.36. The van der Waals surface area contributed by atoms with Gasteiger partial charge in [-0.05, 0) is 37.0 Å². The lowest BCUT2D eigenvalue weighted by molar-refractivity contribution is 0.0894. The van der Waals surface area contributed by atoms with Crippen molar-refractivity contribution in [2.75, 3.05) is 6.54 Å². The molecule has 86 valence electrons. The molecule has 1 unspecified atom stereocenters. The van der Waals surface area contributed by atoms with Crippen LogP contribution in [-0.4, -0.2) is 6.54 Å². The van der Waals surface area contributed by atoms with Crippen LogP contribution in [0.15, 0.2) is 18.2 Å². The Morgan fingerprint density at radius 1 is 1.31 bits per heavy atom. The minimum Gasteiger partial charge on any atom is -0.309 e. The molecule has 2 aliphatic rings. The molecule has 0 amide bonds. The van der Waals surface area contributed by atoms with Gasteiger partial charge in [-0.15, -0.1) is 0 Å². The first kappa shape index (κ1) is 10.6. The fraction of sp³-hybridized carbons (Fsp3) is 0.571. The van der Waals surface area contributed by atoms with E-state index in [0.29, 0.717) is 11.5 Å². The molecule has 2 fully saturated rings. The first-order valence-corrected chi connectivity index (χ1v) is 6.59. The normalized spacial score (nSPS) is 27.0. The predicted molar refractivity (Wildman–Crippen MR) is 67.8 cm³/mol. The van der Waals surface area contributed by atoms with Crippen molar-refractivity contribution in [3.63, 3.8) is 0 Å². The Kier molecular flexibility index (Phi) is 2.49. The summed E-state index contributed by atoms with van der Waals surface area (Å²) >= 11 is 6.08. The van der Waals surface area contributed by atoms with Crippen LogP contribution in [0.25, 0.3) is 0 Å². The lowest BCUT2D eigenvalue weighted by Crippen LogP contribution is -2.54. The number of rotatable bonds is 1. The summed E-state index contributed by atoms with van der Waals surface area (Å²) in [6.45, 7) is 3.30. The first-order chi connectivity index (χ1) is 7.71. The van der Waals surface area contributed by atoms with Crippen molar-refractivity contribution in [3.8, 4) is 0 Å². The van der Waals surface area contributed by atoms with E-state index in [-0.39, 0.29) is 0 Å². The van der Waals surface area contributed by atoms with Crippen LogP contribution >= 0.6 is 11.6 Å². The summed E-state index contributed by atoms with van der Waals surface area (Å²) in [5.41, 5.74) is 3.19. The van der Waals surface area contributed by atoms with Crippen LogP contribution in [0, 0.1) is 12.3 Å². The molecule has 1 saturated heterocycles. The number of halogens is 1. The van der Waals surface area contributed by atoms with Crippen LogP contribution in [0.4, 0.5) is 0 Å². The average molecular weight is 236 g/mol. The van der Waals surface area contributed by atoms with E-state index >= 15 is 0 Å². The van der Waals surface area contributed by atoms with Crippen LogP contribution in [-0.2, 0) is 0 Å². The van der Waals surface area contributed by atoms with Gasteiger partial charge in [0.15, 0.2) is 0 Å². The Labute approximate surface area is 102 Å². The molecule has 2 heteroatoms. The third-order valence-corrected chi connectivity index (χ3v) is 4.81. The number of hydrogen-bond donors (Lipinski definition) is 1. The Bertz CT molecular complexity index is 407. The van der Waals surface area contributed by atoms with Crippen molar-refractivity contribution < 1.29 is 0 Å². The van der Waals surface area contributed by atoms with Gasteiger partial charge in [0.05, 0.1) is 0 Å². The Morgan fingerprint density at radius 3 is 2.62 bits per heavy atom. The minimum absolute atomic E-state index is 0.570. The predicted octanol–water partition coefficient (Wildman–Crippen LogP) is 3.85. The van der Waals surface area contributed by atoms with Crippen LogP contribution in [0.2, 0.25) is 5.02 Å². The summed E-state index contributed by atoms with van der Waals surface area (Å²) in [6, 6.07) is 7.05. The molecule has 1 heterocycles. The minimum atomic E-state index is 0.570. The molecular weight excluding hydrogens is 218 g/mol. The maximum atomic E-state index is 6.08. The number of aryl methyl sites for hydroxylation is 1. The smallest absolute Gasteiger partial charge is 0.0435 e. The highest BCUT2D eigenvalue weighted by molar-refractivity contribution is 6.31. The summed E-state index contributed by atoms with van der Waals surface area (Å²) in [6.07, 6.45) is 5.61. The molecule has 1 nitrogen and oxygen atoms in total. The van der Waals surface area contributed by atoms with E-state index in [0.717, 1.165) is 5.02 Å². The zero-order valence-electron chi connectivity index (χ0n) is 9.72. The maximum Gasteiger partial charge on any atom is 0.0435 e. The highest BCUT2D eigenvalue weighted by Crippen LogP contribution is 2.52. The van der Waals surface area contributed by atoms with Gasteiger partial charge in [0, 0.05) is 23.0 Å². The molecule has 1 saturated carbocycles. The first-order valence-electron chi connectivity index (χ1n) is 6.21. The number of hydrogen-bond acceptors (Lipinski definition) is 1. The average Bonchev–Trinajstić information content (AvgIpc) is 2.73. The van der Waals surface area contributed by atoms with E-state index in [1.807, 2.05) is 6.07 Å². The van der Waals surface area contributed by atoms with E-state index in [9.17, 15) is 0 Å². The molecule has 1 N–H and O–H groups in total. The highest BCUT2D eigenvalue weighted by Gasteiger charge is 2.48. The standard InChI is InChI=1S/C14H18ClN/c1-10-8-11(4-5-12(10)15)13-14(9-16-13)6-2-3-7-14/h4-5,8,13,16H,2-3,6-7,9H2,1H3. The number of benzene rings is 1. The van der Waals surface area contributed by atoms with Crippen LogP contribution in [0.5, 0.6) is 0 Å². The Balaban J connectivity index is 1.89. The van der Waals surface area contributed by atoms with Gasteiger partial charge in [-0.2, -0.15) is 0 Å². The third kappa shape index (κ3) is 1.49. The Morgan fingerprint density at radius 2 is 2.06 bits per heavy atom. The van der Waals surface area contributed by atoms with Gasteiger partial charge in [0.1, 0.15) is 0 Å². The molecule has 1 aromatic rings. The van der Waals surface area contributed by atoms with Crippen LogP contribution in [0.3, 0.4) is 0 Å². The van der Waals surface area contributed by atoms with Crippen molar-refractivity contribution in [2.24, 2.45) is 5.41 Å². The van der Waals surface area contributed by atoms with E-state index in [4.69, 9.17) is 11.6 Å². The maximum absolute atomic E-state index is 6.08. The van der Waals surface area contributed by atoms with Gasteiger partial charge < -0.3 is 5.32 Å². The zero-order chi connectivity index (χ0) is 11.2. The summed E-state index contributed by atoms with van der Waals surface area (Å²) in [7, 11) is 0. The van der Waals surface area contributed by atoms with Crippen molar-refractivity contribution in [2.45, 2.75) is 38.6 Å².